The predicted molar refractivity (Wildman–Crippen MR) is 121 cm³/mol. The number of aryl methyl sites for hydroxylation is 2. The molecule has 1 heterocycles. The number of carbonyl (C=O) groups excluding carboxylic acids is 1. The van der Waals surface area contributed by atoms with Crippen LogP contribution < -0.4 is 5.32 Å². The van der Waals surface area contributed by atoms with Gasteiger partial charge < -0.3 is 10.4 Å². The summed E-state index contributed by atoms with van der Waals surface area (Å²) in [5.74, 6) is -0.282. The average molecular weight is 422 g/mol. The van der Waals surface area contributed by atoms with Crippen molar-refractivity contribution in [3.8, 4) is 5.75 Å². The van der Waals surface area contributed by atoms with Gasteiger partial charge >= 0.3 is 0 Å². The van der Waals surface area contributed by atoms with Gasteiger partial charge in [-0.1, -0.05) is 56.5 Å². The van der Waals surface area contributed by atoms with Crippen molar-refractivity contribution in [2.75, 3.05) is 5.32 Å². The van der Waals surface area contributed by atoms with Crippen molar-refractivity contribution >= 4 is 11.6 Å². The number of rotatable bonds is 9. The van der Waals surface area contributed by atoms with E-state index < -0.39 is 5.92 Å². The third-order valence-corrected chi connectivity index (χ3v) is 5.65. The van der Waals surface area contributed by atoms with E-state index in [0.29, 0.717) is 23.6 Å². The van der Waals surface area contributed by atoms with Gasteiger partial charge in [0, 0.05) is 5.69 Å². The number of aromatic nitrogens is 4. The lowest BCUT2D eigenvalue weighted by Gasteiger charge is -2.18. The number of anilines is 1. The van der Waals surface area contributed by atoms with Crippen LogP contribution in [0.5, 0.6) is 5.75 Å². The highest BCUT2D eigenvalue weighted by Gasteiger charge is 2.28. The van der Waals surface area contributed by atoms with E-state index >= 15 is 0 Å². The maximum absolute atomic E-state index is 13.4. The molecule has 0 radical (unpaired) electrons. The third kappa shape index (κ3) is 5.29. The number of carbonyl (C=O) groups is 1. The molecule has 0 saturated carbocycles. The first-order valence-electron chi connectivity index (χ1n) is 10.9. The van der Waals surface area contributed by atoms with Crippen molar-refractivity contribution < 1.29 is 9.90 Å². The van der Waals surface area contributed by atoms with Crippen LogP contribution >= 0.6 is 0 Å². The fraction of sp³-hybridized carbons (Fsp3) is 0.417. The van der Waals surface area contributed by atoms with E-state index in [1.165, 1.54) is 12.8 Å². The molecule has 0 saturated heterocycles. The number of amides is 1. The standard InChI is InChI=1S/C24H31N5O2/c1-5-6-7-11-14-29-27-23(26-28-29)21(19-12-9-8-10-13-19)24(31)25-20-15-16(2)22(30)18(4)17(20)3/h8-10,12-13,15,21,30H,5-7,11,14H2,1-4H3,(H,25,31). The fourth-order valence-electron chi connectivity index (χ4n) is 3.61. The van der Waals surface area contributed by atoms with Crippen molar-refractivity contribution in [2.24, 2.45) is 0 Å². The van der Waals surface area contributed by atoms with E-state index in [2.05, 4.69) is 27.7 Å². The van der Waals surface area contributed by atoms with Gasteiger partial charge in [0.25, 0.3) is 0 Å². The van der Waals surface area contributed by atoms with Crippen LogP contribution in [0.25, 0.3) is 0 Å². The monoisotopic (exact) mass is 421 g/mol. The molecule has 3 rings (SSSR count). The highest BCUT2D eigenvalue weighted by Crippen LogP contribution is 2.32. The number of phenolic OH excluding ortho intramolecular Hbond substituents is 1. The molecule has 3 aromatic rings. The molecule has 0 spiro atoms. The van der Waals surface area contributed by atoms with Gasteiger partial charge in [-0.3, -0.25) is 4.79 Å². The number of nitrogens with one attached hydrogen (secondary N) is 1. The minimum absolute atomic E-state index is 0.232. The summed E-state index contributed by atoms with van der Waals surface area (Å²) in [6.45, 7) is 8.40. The van der Waals surface area contributed by atoms with Gasteiger partial charge in [0.15, 0.2) is 5.82 Å². The van der Waals surface area contributed by atoms with Crippen LogP contribution in [0.2, 0.25) is 0 Å². The summed E-state index contributed by atoms with van der Waals surface area (Å²) in [6.07, 6.45) is 4.45. The summed E-state index contributed by atoms with van der Waals surface area (Å²) in [6, 6.07) is 11.3. The van der Waals surface area contributed by atoms with E-state index in [-0.39, 0.29) is 11.7 Å². The Kier molecular flexibility index (Phi) is 7.39. The molecule has 1 unspecified atom stereocenters. The number of aromatic hydroxyl groups is 1. The van der Waals surface area contributed by atoms with Gasteiger partial charge in [-0.15, -0.1) is 10.2 Å². The van der Waals surface area contributed by atoms with Gasteiger partial charge in [0.05, 0.1) is 6.54 Å². The van der Waals surface area contributed by atoms with Crippen molar-refractivity contribution in [1.29, 1.82) is 0 Å². The Hall–Kier alpha value is -3.22. The molecule has 0 aliphatic rings. The Morgan fingerprint density at radius 1 is 1.10 bits per heavy atom. The topological polar surface area (TPSA) is 92.9 Å². The minimum Gasteiger partial charge on any atom is -0.507 e. The summed E-state index contributed by atoms with van der Waals surface area (Å²) >= 11 is 0. The Morgan fingerprint density at radius 2 is 1.84 bits per heavy atom. The fourth-order valence-corrected chi connectivity index (χ4v) is 3.61. The Bertz CT molecular complexity index is 1030. The molecule has 2 N–H and O–H groups in total. The number of nitrogens with zero attached hydrogens (tertiary/aromatic N) is 4. The zero-order valence-electron chi connectivity index (χ0n) is 18.7. The highest BCUT2D eigenvalue weighted by atomic mass is 16.3. The molecule has 0 aliphatic carbocycles. The van der Waals surface area contributed by atoms with E-state index in [1.807, 2.05) is 51.1 Å². The SMILES string of the molecule is CCCCCCn1nnc(C(C(=O)Nc2cc(C)c(O)c(C)c2C)c2ccccc2)n1. The molecule has 0 bridgehead atoms. The second-order valence-corrected chi connectivity index (χ2v) is 7.98. The normalized spacial score (nSPS) is 12.0. The van der Waals surface area contributed by atoms with E-state index in [1.54, 1.807) is 10.9 Å². The number of benzene rings is 2. The first kappa shape index (κ1) is 22.5. The van der Waals surface area contributed by atoms with Crippen LogP contribution in [0, 0.1) is 20.8 Å². The first-order chi connectivity index (χ1) is 14.9. The van der Waals surface area contributed by atoms with Gasteiger partial charge in [0.2, 0.25) is 5.91 Å². The third-order valence-electron chi connectivity index (χ3n) is 5.65. The zero-order chi connectivity index (χ0) is 22.4. The molecule has 1 atom stereocenters. The summed E-state index contributed by atoms with van der Waals surface area (Å²) < 4.78 is 0. The number of hydrogen-bond acceptors (Lipinski definition) is 5. The highest BCUT2D eigenvalue weighted by molar-refractivity contribution is 5.98. The molecular formula is C24H31N5O2. The number of phenols is 1. The lowest BCUT2D eigenvalue weighted by atomic mass is 9.96. The first-order valence-corrected chi connectivity index (χ1v) is 10.9. The van der Waals surface area contributed by atoms with Crippen molar-refractivity contribution in [3.63, 3.8) is 0 Å². The molecule has 2 aromatic carbocycles. The predicted octanol–water partition coefficient (Wildman–Crippen LogP) is 4.65. The van der Waals surface area contributed by atoms with Crippen LogP contribution in [-0.4, -0.2) is 31.2 Å². The molecule has 1 amide bonds. The number of tetrazole rings is 1. The van der Waals surface area contributed by atoms with Crippen molar-refractivity contribution in [1.82, 2.24) is 20.2 Å². The molecule has 1 aromatic heterocycles. The molecular weight excluding hydrogens is 390 g/mol. The largest absolute Gasteiger partial charge is 0.507 e. The Morgan fingerprint density at radius 3 is 2.55 bits per heavy atom. The summed E-state index contributed by atoms with van der Waals surface area (Å²) in [5, 5.41) is 26.1. The molecule has 31 heavy (non-hydrogen) atoms. The van der Waals surface area contributed by atoms with E-state index in [4.69, 9.17) is 0 Å². The summed E-state index contributed by atoms with van der Waals surface area (Å²) in [4.78, 5) is 15.0. The zero-order valence-corrected chi connectivity index (χ0v) is 18.7. The summed E-state index contributed by atoms with van der Waals surface area (Å²) in [5.41, 5.74) is 3.77. The maximum Gasteiger partial charge on any atom is 0.239 e. The van der Waals surface area contributed by atoms with Gasteiger partial charge in [0.1, 0.15) is 11.7 Å². The summed E-state index contributed by atoms with van der Waals surface area (Å²) in [7, 11) is 0. The molecule has 0 aliphatic heterocycles. The minimum atomic E-state index is -0.681. The van der Waals surface area contributed by atoms with E-state index in [0.717, 1.165) is 29.5 Å². The molecule has 0 fully saturated rings. The van der Waals surface area contributed by atoms with Crippen LogP contribution in [-0.2, 0) is 11.3 Å². The smallest absolute Gasteiger partial charge is 0.239 e. The molecule has 164 valence electrons. The van der Waals surface area contributed by atoms with Crippen LogP contribution in [0.4, 0.5) is 5.69 Å². The van der Waals surface area contributed by atoms with Crippen molar-refractivity contribution in [2.45, 2.75) is 65.8 Å². The van der Waals surface area contributed by atoms with Crippen LogP contribution in [0.1, 0.15) is 66.6 Å². The lowest BCUT2D eigenvalue weighted by Crippen LogP contribution is -2.24. The van der Waals surface area contributed by atoms with Gasteiger partial charge in [-0.05, 0) is 60.7 Å². The quantitative estimate of drug-likeness (QED) is 0.387. The molecule has 7 heteroatoms. The van der Waals surface area contributed by atoms with Crippen LogP contribution in [0.3, 0.4) is 0 Å². The Labute approximate surface area is 183 Å². The Balaban J connectivity index is 1.87. The van der Waals surface area contributed by atoms with E-state index in [9.17, 15) is 9.90 Å². The average Bonchev–Trinajstić information content (AvgIpc) is 3.22. The lowest BCUT2D eigenvalue weighted by molar-refractivity contribution is -0.116. The number of unbranched alkanes of at least 4 members (excludes halogenated alkanes) is 3. The molecule has 7 nitrogen and oxygen atoms in total. The van der Waals surface area contributed by atoms with Gasteiger partial charge in [-0.25, -0.2) is 0 Å². The second kappa shape index (κ2) is 10.2. The van der Waals surface area contributed by atoms with Crippen LogP contribution in [0.15, 0.2) is 36.4 Å². The van der Waals surface area contributed by atoms with Gasteiger partial charge in [-0.2, -0.15) is 4.80 Å². The van der Waals surface area contributed by atoms with Crippen molar-refractivity contribution in [3.05, 3.63) is 64.5 Å². The maximum atomic E-state index is 13.4. The number of hydrogen-bond donors (Lipinski definition) is 2. The second-order valence-electron chi connectivity index (χ2n) is 7.98.